The molecule has 0 saturated carbocycles. The Balaban J connectivity index is 1.95. The van der Waals surface area contributed by atoms with Crippen molar-refractivity contribution in [2.24, 2.45) is 0 Å². The molecule has 1 nitrogen and oxygen atoms in total. The topological polar surface area (TPSA) is 9.23 Å². The number of hydrogen-bond acceptors (Lipinski definition) is 1. The van der Waals surface area contributed by atoms with Gasteiger partial charge in [0.15, 0.2) is 0 Å². The molecule has 95 valence electrons. The average molecular weight is 233 g/mol. The molecule has 0 N–H and O–H groups in total. The Bertz CT molecular complexity index is 276. The third-order valence-corrected chi connectivity index (χ3v) is 2.93. The van der Waals surface area contributed by atoms with Gasteiger partial charge in [-0.2, -0.15) is 0 Å². The van der Waals surface area contributed by atoms with E-state index < -0.39 is 0 Å². The fraction of sp³-hybridized carbons (Fsp3) is 0.562. The first kappa shape index (κ1) is 14.2. The maximum atomic E-state index is 5.65. The molecule has 0 saturated heterocycles. The van der Waals surface area contributed by atoms with Crippen LogP contribution in [0.3, 0.4) is 0 Å². The smallest absolute Gasteiger partial charge is 0.0716 e. The highest BCUT2D eigenvalue weighted by Crippen LogP contribution is 2.07. The largest absolute Gasteiger partial charge is 0.377 e. The van der Waals surface area contributed by atoms with Crippen LogP contribution in [0.5, 0.6) is 0 Å². The second kappa shape index (κ2) is 9.23. The highest BCUT2D eigenvalue weighted by atomic mass is 16.5. The molecule has 1 aromatic rings. The first-order chi connectivity index (χ1) is 8.33. The van der Waals surface area contributed by atoms with Gasteiger partial charge in [-0.1, -0.05) is 63.3 Å². The number of rotatable bonds is 9. The number of hydrogen-bond donors (Lipinski definition) is 0. The van der Waals surface area contributed by atoms with E-state index >= 15 is 0 Å². The number of unbranched alkanes of at least 4 members (excludes halogenated alkanes) is 5. The highest BCUT2D eigenvalue weighted by Gasteiger charge is 1.94. The molecule has 0 aliphatic carbocycles. The van der Waals surface area contributed by atoms with Gasteiger partial charge in [0, 0.05) is 6.61 Å². The molecule has 0 bridgehead atoms. The third-order valence-electron chi connectivity index (χ3n) is 2.93. The monoisotopic (exact) mass is 233 g/mol. The zero-order valence-corrected chi connectivity index (χ0v) is 11.1. The molecule has 0 unspecified atom stereocenters. The van der Waals surface area contributed by atoms with Crippen LogP contribution >= 0.6 is 0 Å². The van der Waals surface area contributed by atoms with Gasteiger partial charge in [0.1, 0.15) is 0 Å². The summed E-state index contributed by atoms with van der Waals surface area (Å²) in [5.74, 6) is 0. The lowest BCUT2D eigenvalue weighted by Crippen LogP contribution is -1.95. The van der Waals surface area contributed by atoms with E-state index in [1.54, 1.807) is 0 Å². The fourth-order valence-electron chi connectivity index (χ4n) is 1.81. The first-order valence-corrected chi connectivity index (χ1v) is 6.81. The normalized spacial score (nSPS) is 10.7. The molecule has 17 heavy (non-hydrogen) atoms. The molecule has 1 heteroatoms. The van der Waals surface area contributed by atoms with E-state index in [2.05, 4.69) is 26.0 Å². The van der Waals surface area contributed by atoms with Gasteiger partial charge in [-0.25, -0.2) is 0 Å². The van der Waals surface area contributed by atoms with Crippen molar-refractivity contribution in [2.75, 3.05) is 6.61 Å². The summed E-state index contributed by atoms with van der Waals surface area (Å²) in [7, 11) is 0. The summed E-state index contributed by atoms with van der Waals surface area (Å²) in [4.78, 5) is 0. The minimum atomic E-state index is 0.731. The quantitative estimate of drug-likeness (QED) is 0.559. The zero-order chi connectivity index (χ0) is 12.3. The van der Waals surface area contributed by atoms with Crippen molar-refractivity contribution < 1.29 is 4.74 Å². The molecule has 0 fully saturated rings. The van der Waals surface area contributed by atoms with Crippen LogP contribution in [-0.4, -0.2) is 6.61 Å². The van der Waals surface area contributed by atoms with Crippen molar-refractivity contribution in [3.63, 3.8) is 0 Å². The fourth-order valence-corrected chi connectivity index (χ4v) is 1.81. The molecule has 1 radical (unpaired) electrons. The molecular weight excluding hydrogens is 208 g/mol. The molecule has 0 aromatic heterocycles. The summed E-state index contributed by atoms with van der Waals surface area (Å²) < 4.78 is 5.65. The standard InChI is InChI=1S/C16H25O/c1-3-4-5-6-7-8-13-17-14-16-11-9-15(2)10-12-16/h9-12H,2-8,13-14H2,1H3. The Labute approximate surface area is 106 Å². The average Bonchev–Trinajstić information content (AvgIpc) is 2.35. The van der Waals surface area contributed by atoms with Crippen LogP contribution in [0.2, 0.25) is 0 Å². The van der Waals surface area contributed by atoms with Crippen molar-refractivity contribution >= 4 is 0 Å². The second-order valence-corrected chi connectivity index (χ2v) is 4.64. The predicted molar refractivity (Wildman–Crippen MR) is 73.9 cm³/mol. The maximum absolute atomic E-state index is 5.65. The van der Waals surface area contributed by atoms with Crippen LogP contribution < -0.4 is 0 Å². The van der Waals surface area contributed by atoms with Gasteiger partial charge in [-0.3, -0.25) is 0 Å². The van der Waals surface area contributed by atoms with Gasteiger partial charge in [0.25, 0.3) is 0 Å². The van der Waals surface area contributed by atoms with Crippen molar-refractivity contribution in [3.8, 4) is 0 Å². The van der Waals surface area contributed by atoms with E-state index in [0.717, 1.165) is 18.8 Å². The molecule has 0 aliphatic rings. The second-order valence-electron chi connectivity index (χ2n) is 4.64. The third kappa shape index (κ3) is 7.17. The molecule has 1 rings (SSSR count). The van der Waals surface area contributed by atoms with E-state index in [4.69, 9.17) is 4.74 Å². The lowest BCUT2D eigenvalue weighted by atomic mass is 10.1. The van der Waals surface area contributed by atoms with Crippen molar-refractivity contribution in [1.29, 1.82) is 0 Å². The Kier molecular flexibility index (Phi) is 7.74. The summed E-state index contributed by atoms with van der Waals surface area (Å²) in [6.45, 7) is 7.73. The van der Waals surface area contributed by atoms with E-state index in [9.17, 15) is 0 Å². The Morgan fingerprint density at radius 1 is 0.941 bits per heavy atom. The van der Waals surface area contributed by atoms with E-state index in [-0.39, 0.29) is 0 Å². The van der Waals surface area contributed by atoms with Crippen LogP contribution in [0.4, 0.5) is 0 Å². The number of ether oxygens (including phenoxy) is 1. The number of benzene rings is 1. The highest BCUT2D eigenvalue weighted by molar-refractivity contribution is 5.23. The molecule has 1 aromatic carbocycles. The molecule has 0 aliphatic heterocycles. The van der Waals surface area contributed by atoms with Gasteiger partial charge < -0.3 is 4.74 Å². The van der Waals surface area contributed by atoms with Gasteiger partial charge in [0.2, 0.25) is 0 Å². The van der Waals surface area contributed by atoms with Gasteiger partial charge in [-0.05, 0) is 24.5 Å². The van der Waals surface area contributed by atoms with E-state index in [0.29, 0.717) is 0 Å². The zero-order valence-electron chi connectivity index (χ0n) is 11.1. The molecule has 0 heterocycles. The Hall–Kier alpha value is -0.820. The summed E-state index contributed by atoms with van der Waals surface area (Å²) in [5, 5.41) is 0. The molecule has 0 amide bonds. The van der Waals surface area contributed by atoms with Crippen LogP contribution in [0.25, 0.3) is 0 Å². The van der Waals surface area contributed by atoms with Crippen molar-refractivity contribution in [3.05, 3.63) is 42.3 Å². The van der Waals surface area contributed by atoms with Crippen LogP contribution in [-0.2, 0) is 11.3 Å². The molecule has 0 atom stereocenters. The minimum absolute atomic E-state index is 0.731. The molecular formula is C16H25O. The van der Waals surface area contributed by atoms with Crippen molar-refractivity contribution in [2.45, 2.75) is 52.1 Å². The lowest BCUT2D eigenvalue weighted by Gasteiger charge is -2.05. The van der Waals surface area contributed by atoms with E-state index in [1.807, 2.05) is 12.1 Å². The summed E-state index contributed by atoms with van der Waals surface area (Å²) in [6, 6.07) is 8.24. The van der Waals surface area contributed by atoms with Crippen LogP contribution in [0.15, 0.2) is 24.3 Å². The van der Waals surface area contributed by atoms with Crippen LogP contribution in [0, 0.1) is 6.92 Å². The van der Waals surface area contributed by atoms with Gasteiger partial charge in [0.05, 0.1) is 6.61 Å². The van der Waals surface area contributed by atoms with Crippen molar-refractivity contribution in [1.82, 2.24) is 0 Å². The lowest BCUT2D eigenvalue weighted by molar-refractivity contribution is 0.116. The first-order valence-electron chi connectivity index (χ1n) is 6.81. The van der Waals surface area contributed by atoms with E-state index in [1.165, 1.54) is 44.1 Å². The molecule has 0 spiro atoms. The predicted octanol–water partition coefficient (Wildman–Crippen LogP) is 4.75. The van der Waals surface area contributed by atoms with Gasteiger partial charge in [-0.15, -0.1) is 0 Å². The minimum Gasteiger partial charge on any atom is -0.377 e. The van der Waals surface area contributed by atoms with Crippen LogP contribution in [0.1, 0.15) is 56.6 Å². The summed E-state index contributed by atoms with van der Waals surface area (Å²) in [5.41, 5.74) is 2.30. The Morgan fingerprint density at radius 3 is 2.29 bits per heavy atom. The van der Waals surface area contributed by atoms with Gasteiger partial charge >= 0.3 is 0 Å². The summed E-state index contributed by atoms with van der Waals surface area (Å²) in [6.07, 6.45) is 7.92. The Morgan fingerprint density at radius 2 is 1.59 bits per heavy atom. The maximum Gasteiger partial charge on any atom is 0.0716 e. The SMILES string of the molecule is [CH2]c1ccc(COCCCCCCCC)cc1. The summed E-state index contributed by atoms with van der Waals surface area (Å²) >= 11 is 0.